The Morgan fingerprint density at radius 2 is 1.86 bits per heavy atom. The summed E-state index contributed by atoms with van der Waals surface area (Å²) in [4.78, 5) is 13.1. The predicted octanol–water partition coefficient (Wildman–Crippen LogP) is 3.15. The fourth-order valence-electron chi connectivity index (χ4n) is 2.81. The molecule has 0 fully saturated rings. The van der Waals surface area contributed by atoms with Crippen LogP contribution in [0.2, 0.25) is 0 Å². The highest BCUT2D eigenvalue weighted by atomic mass is 16.6. The lowest BCUT2D eigenvalue weighted by molar-refractivity contribution is -0.384. The molecule has 21 heavy (non-hydrogen) atoms. The molecule has 0 amide bonds. The number of nitrogens with zero attached hydrogens (tertiary/aromatic N) is 2. The van der Waals surface area contributed by atoms with Crippen LogP contribution in [0.1, 0.15) is 16.7 Å². The second-order valence-electron chi connectivity index (χ2n) is 5.27. The van der Waals surface area contributed by atoms with Gasteiger partial charge in [-0.3, -0.25) is 15.0 Å². The molecule has 1 aliphatic heterocycles. The molecule has 0 atom stereocenters. The number of hydrogen-bond donors (Lipinski definition) is 1. The Balaban J connectivity index is 1.78. The van der Waals surface area contributed by atoms with Crippen molar-refractivity contribution in [3.05, 3.63) is 69.3 Å². The van der Waals surface area contributed by atoms with Gasteiger partial charge in [-0.25, -0.2) is 0 Å². The summed E-state index contributed by atoms with van der Waals surface area (Å²) in [6.07, 6.45) is 0. The molecule has 2 aromatic carbocycles. The van der Waals surface area contributed by atoms with E-state index in [1.54, 1.807) is 19.2 Å². The summed E-state index contributed by atoms with van der Waals surface area (Å²) in [6, 6.07) is 13.8. The molecular weight excluding hydrogens is 266 g/mol. The number of anilines is 1. The zero-order valence-corrected chi connectivity index (χ0v) is 11.9. The molecule has 0 aliphatic carbocycles. The number of fused-ring (bicyclic) bond motifs is 1. The molecule has 0 radical (unpaired) electrons. The lowest BCUT2D eigenvalue weighted by Crippen LogP contribution is -2.15. The summed E-state index contributed by atoms with van der Waals surface area (Å²) in [5.74, 6) is 0. The van der Waals surface area contributed by atoms with Crippen molar-refractivity contribution in [2.45, 2.75) is 19.6 Å². The first-order chi connectivity index (χ1) is 10.2. The third kappa shape index (κ3) is 2.73. The van der Waals surface area contributed by atoms with Crippen LogP contribution in [0.4, 0.5) is 11.4 Å². The SMILES string of the molecule is CNc1ccc(CN2Cc3ccccc3C2)cc1[N+](=O)[O-]. The molecule has 0 saturated carbocycles. The smallest absolute Gasteiger partial charge is 0.292 e. The Morgan fingerprint density at radius 1 is 1.19 bits per heavy atom. The van der Waals surface area contributed by atoms with Crippen molar-refractivity contribution >= 4 is 11.4 Å². The lowest BCUT2D eigenvalue weighted by atomic mass is 10.1. The lowest BCUT2D eigenvalue weighted by Gasteiger charge is -2.15. The van der Waals surface area contributed by atoms with Crippen molar-refractivity contribution in [2.75, 3.05) is 12.4 Å². The van der Waals surface area contributed by atoms with Crippen LogP contribution >= 0.6 is 0 Å². The molecular formula is C16H17N3O2. The topological polar surface area (TPSA) is 58.4 Å². The summed E-state index contributed by atoms with van der Waals surface area (Å²) >= 11 is 0. The van der Waals surface area contributed by atoms with Gasteiger partial charge < -0.3 is 5.32 Å². The highest BCUT2D eigenvalue weighted by molar-refractivity contribution is 5.62. The second-order valence-corrected chi connectivity index (χ2v) is 5.27. The number of rotatable bonds is 4. The monoisotopic (exact) mass is 283 g/mol. The quantitative estimate of drug-likeness (QED) is 0.691. The number of hydrogen-bond acceptors (Lipinski definition) is 4. The van der Waals surface area contributed by atoms with Gasteiger partial charge in [0.25, 0.3) is 5.69 Å². The maximum atomic E-state index is 11.1. The summed E-state index contributed by atoms with van der Waals surface area (Å²) in [7, 11) is 1.69. The van der Waals surface area contributed by atoms with E-state index in [4.69, 9.17) is 0 Å². The molecule has 5 nitrogen and oxygen atoms in total. The Hall–Kier alpha value is -2.40. The van der Waals surface area contributed by atoms with Gasteiger partial charge in [0, 0.05) is 32.7 Å². The molecule has 1 N–H and O–H groups in total. The molecule has 5 heteroatoms. The van der Waals surface area contributed by atoms with Gasteiger partial charge in [0.05, 0.1) is 4.92 Å². The third-order valence-corrected chi connectivity index (χ3v) is 3.84. The first-order valence-corrected chi connectivity index (χ1v) is 6.91. The summed E-state index contributed by atoms with van der Waals surface area (Å²) < 4.78 is 0. The Morgan fingerprint density at radius 3 is 2.43 bits per heavy atom. The second kappa shape index (κ2) is 5.54. The largest absolute Gasteiger partial charge is 0.383 e. The molecule has 1 heterocycles. The Bertz CT molecular complexity index is 660. The minimum atomic E-state index is -0.339. The van der Waals surface area contributed by atoms with E-state index in [0.29, 0.717) is 5.69 Å². The van der Waals surface area contributed by atoms with Crippen LogP contribution in [0.25, 0.3) is 0 Å². The molecule has 0 spiro atoms. The summed E-state index contributed by atoms with van der Waals surface area (Å²) in [5.41, 5.74) is 4.34. The number of nitro benzene ring substituents is 1. The van der Waals surface area contributed by atoms with E-state index in [1.807, 2.05) is 6.07 Å². The van der Waals surface area contributed by atoms with Gasteiger partial charge in [-0.2, -0.15) is 0 Å². The molecule has 108 valence electrons. The van der Waals surface area contributed by atoms with Crippen molar-refractivity contribution in [3.63, 3.8) is 0 Å². The summed E-state index contributed by atoms with van der Waals surface area (Å²) in [5, 5.41) is 14.0. The maximum absolute atomic E-state index is 11.1. The van der Waals surface area contributed by atoms with Gasteiger partial charge in [-0.05, 0) is 22.8 Å². The summed E-state index contributed by atoms with van der Waals surface area (Å²) in [6.45, 7) is 2.52. The van der Waals surface area contributed by atoms with E-state index < -0.39 is 0 Å². The van der Waals surface area contributed by atoms with Gasteiger partial charge in [0.2, 0.25) is 0 Å². The van der Waals surface area contributed by atoms with Gasteiger partial charge in [-0.15, -0.1) is 0 Å². The van der Waals surface area contributed by atoms with Crippen LogP contribution in [-0.2, 0) is 19.6 Å². The van der Waals surface area contributed by atoms with Gasteiger partial charge >= 0.3 is 0 Å². The molecule has 0 bridgehead atoms. The van der Waals surface area contributed by atoms with E-state index in [-0.39, 0.29) is 10.6 Å². The average molecular weight is 283 g/mol. The van der Waals surface area contributed by atoms with Crippen LogP contribution in [0.5, 0.6) is 0 Å². The third-order valence-electron chi connectivity index (χ3n) is 3.84. The standard InChI is InChI=1S/C16H17N3O2/c1-17-15-7-6-12(8-16(15)19(20)21)9-18-10-13-4-2-3-5-14(13)11-18/h2-8,17H,9-11H2,1H3. The van der Waals surface area contributed by atoms with Crippen molar-refractivity contribution in [1.29, 1.82) is 0 Å². The average Bonchev–Trinajstić information content (AvgIpc) is 2.89. The van der Waals surface area contributed by atoms with Crippen molar-refractivity contribution in [3.8, 4) is 0 Å². The molecule has 3 rings (SSSR count). The number of benzene rings is 2. The predicted molar refractivity (Wildman–Crippen MR) is 82.0 cm³/mol. The fourth-order valence-corrected chi connectivity index (χ4v) is 2.81. The first-order valence-electron chi connectivity index (χ1n) is 6.91. The van der Waals surface area contributed by atoms with Crippen molar-refractivity contribution in [1.82, 2.24) is 4.90 Å². The fraction of sp³-hybridized carbons (Fsp3) is 0.250. The molecule has 0 aromatic heterocycles. The van der Waals surface area contributed by atoms with Gasteiger partial charge in [0.1, 0.15) is 5.69 Å². The molecule has 0 unspecified atom stereocenters. The maximum Gasteiger partial charge on any atom is 0.292 e. The van der Waals surface area contributed by atoms with E-state index in [2.05, 4.69) is 34.5 Å². The zero-order valence-electron chi connectivity index (χ0n) is 11.9. The first kappa shape index (κ1) is 13.6. The van der Waals surface area contributed by atoms with E-state index in [0.717, 1.165) is 25.2 Å². The Labute approximate surface area is 123 Å². The minimum Gasteiger partial charge on any atom is -0.383 e. The van der Waals surface area contributed by atoms with Gasteiger partial charge in [-0.1, -0.05) is 30.3 Å². The van der Waals surface area contributed by atoms with Crippen LogP contribution in [0.15, 0.2) is 42.5 Å². The van der Waals surface area contributed by atoms with E-state index in [9.17, 15) is 10.1 Å². The van der Waals surface area contributed by atoms with E-state index >= 15 is 0 Å². The highest BCUT2D eigenvalue weighted by Crippen LogP contribution is 2.28. The molecule has 1 aliphatic rings. The van der Waals surface area contributed by atoms with Crippen LogP contribution in [-0.4, -0.2) is 16.9 Å². The van der Waals surface area contributed by atoms with Crippen LogP contribution in [0.3, 0.4) is 0 Å². The van der Waals surface area contributed by atoms with Crippen molar-refractivity contribution in [2.24, 2.45) is 0 Å². The van der Waals surface area contributed by atoms with E-state index in [1.165, 1.54) is 11.1 Å². The Kier molecular flexibility index (Phi) is 3.58. The van der Waals surface area contributed by atoms with Crippen molar-refractivity contribution < 1.29 is 4.92 Å². The highest BCUT2D eigenvalue weighted by Gasteiger charge is 2.20. The normalized spacial score (nSPS) is 14.0. The molecule has 0 saturated heterocycles. The zero-order chi connectivity index (χ0) is 14.8. The molecule has 2 aromatic rings. The minimum absolute atomic E-state index is 0.131. The number of nitro groups is 1. The number of nitrogens with one attached hydrogen (secondary N) is 1. The van der Waals surface area contributed by atoms with Crippen LogP contribution in [0, 0.1) is 10.1 Å². The van der Waals surface area contributed by atoms with Gasteiger partial charge in [0.15, 0.2) is 0 Å². The van der Waals surface area contributed by atoms with Crippen LogP contribution < -0.4 is 5.32 Å².